The summed E-state index contributed by atoms with van der Waals surface area (Å²) in [5, 5.41) is 6.32. The lowest BCUT2D eigenvalue weighted by Crippen LogP contribution is -2.29. The molecule has 124 valence electrons. The molecule has 0 saturated carbocycles. The third-order valence-corrected chi connectivity index (χ3v) is 3.08. The van der Waals surface area contributed by atoms with Gasteiger partial charge in [0.15, 0.2) is 0 Å². The second-order valence-electron chi connectivity index (χ2n) is 4.61. The molecule has 1 aromatic carbocycles. The van der Waals surface area contributed by atoms with Crippen molar-refractivity contribution in [3.63, 3.8) is 0 Å². The highest BCUT2D eigenvalue weighted by molar-refractivity contribution is 6.30. The molecule has 2 aromatic rings. The summed E-state index contributed by atoms with van der Waals surface area (Å²) in [6, 6.07) is 4.02. The number of hydrogen-bond donors (Lipinski definition) is 1. The van der Waals surface area contributed by atoms with Gasteiger partial charge in [0.05, 0.1) is 11.3 Å². The molecule has 0 radical (unpaired) electrons. The zero-order chi connectivity index (χ0) is 17.2. The second-order valence-corrected chi connectivity index (χ2v) is 5.05. The number of carbonyl (C=O) groups excluding carboxylic acids is 1. The van der Waals surface area contributed by atoms with Gasteiger partial charge in [-0.1, -0.05) is 11.6 Å². The Morgan fingerprint density at radius 2 is 2.09 bits per heavy atom. The first-order chi connectivity index (χ1) is 10.7. The van der Waals surface area contributed by atoms with Crippen molar-refractivity contribution in [3.8, 4) is 11.6 Å². The zero-order valence-electron chi connectivity index (χ0n) is 12.2. The minimum absolute atomic E-state index is 0.0614. The van der Waals surface area contributed by atoms with Crippen LogP contribution in [-0.2, 0) is 6.18 Å². The summed E-state index contributed by atoms with van der Waals surface area (Å²) < 4.78 is 45.3. The Morgan fingerprint density at radius 3 is 2.70 bits per heavy atom. The fourth-order valence-electron chi connectivity index (χ4n) is 1.85. The van der Waals surface area contributed by atoms with E-state index in [0.29, 0.717) is 12.2 Å². The fourth-order valence-corrected chi connectivity index (χ4v) is 2.03. The molecule has 0 saturated heterocycles. The molecule has 1 N–H and O–H groups in total. The number of nitrogens with zero attached hydrogens (tertiary/aromatic N) is 2. The van der Waals surface area contributed by atoms with Gasteiger partial charge >= 0.3 is 12.2 Å². The molecule has 9 heteroatoms. The van der Waals surface area contributed by atoms with Gasteiger partial charge in [-0.3, -0.25) is 0 Å². The Kier molecular flexibility index (Phi) is 4.84. The summed E-state index contributed by atoms with van der Waals surface area (Å²) in [6.07, 6.45) is -4.63. The van der Waals surface area contributed by atoms with Crippen molar-refractivity contribution in [2.24, 2.45) is 0 Å². The van der Waals surface area contributed by atoms with Gasteiger partial charge < -0.3 is 10.1 Å². The number of aryl methyl sites for hydroxylation is 1. The van der Waals surface area contributed by atoms with Gasteiger partial charge in [-0.2, -0.15) is 17.9 Å². The number of hydrogen-bond acceptors (Lipinski definition) is 3. The van der Waals surface area contributed by atoms with Gasteiger partial charge in [0, 0.05) is 17.6 Å². The van der Waals surface area contributed by atoms with E-state index in [1.807, 2.05) is 0 Å². The lowest BCUT2D eigenvalue weighted by molar-refractivity contribution is -0.138. The van der Waals surface area contributed by atoms with E-state index in [4.69, 9.17) is 16.3 Å². The van der Waals surface area contributed by atoms with Crippen LogP contribution in [0, 0.1) is 6.92 Å². The average Bonchev–Trinajstić information content (AvgIpc) is 2.81. The smallest absolute Gasteiger partial charge is 0.420 e. The number of nitrogens with one attached hydrogen (secondary N) is 1. The van der Waals surface area contributed by atoms with Crippen molar-refractivity contribution in [3.05, 3.63) is 40.5 Å². The summed E-state index contributed by atoms with van der Waals surface area (Å²) in [5.41, 5.74) is -0.594. The van der Waals surface area contributed by atoms with Crippen molar-refractivity contribution in [2.45, 2.75) is 20.0 Å². The topological polar surface area (TPSA) is 56.2 Å². The molecule has 0 aliphatic rings. The van der Waals surface area contributed by atoms with E-state index in [9.17, 15) is 18.0 Å². The summed E-state index contributed by atoms with van der Waals surface area (Å²) in [7, 11) is 0. The third kappa shape index (κ3) is 3.95. The van der Waals surface area contributed by atoms with Crippen molar-refractivity contribution in [2.75, 3.05) is 6.54 Å². The Bertz CT molecular complexity index is 729. The molecular formula is C14H13ClF3N3O2. The van der Waals surface area contributed by atoms with E-state index in [2.05, 4.69) is 10.4 Å². The van der Waals surface area contributed by atoms with Crippen LogP contribution in [0.1, 0.15) is 18.2 Å². The van der Waals surface area contributed by atoms with E-state index in [-0.39, 0.29) is 10.9 Å². The predicted molar refractivity (Wildman–Crippen MR) is 78.0 cm³/mol. The van der Waals surface area contributed by atoms with Crippen LogP contribution >= 0.6 is 11.6 Å². The first-order valence-corrected chi connectivity index (χ1v) is 6.99. The first-order valence-electron chi connectivity index (χ1n) is 6.62. The lowest BCUT2D eigenvalue weighted by Gasteiger charge is -2.12. The van der Waals surface area contributed by atoms with Gasteiger partial charge in [-0.25, -0.2) is 4.79 Å². The number of carbonyl (C=O) groups is 1. The summed E-state index contributed by atoms with van der Waals surface area (Å²) in [5.74, 6) is -0.566. The number of amides is 1. The molecule has 0 spiro atoms. The number of benzene rings is 1. The molecule has 0 unspecified atom stereocenters. The number of ether oxygens (including phenoxy) is 1. The maximum absolute atomic E-state index is 13.0. The average molecular weight is 348 g/mol. The third-order valence-electron chi connectivity index (χ3n) is 2.85. The minimum Gasteiger partial charge on any atom is -0.437 e. The Balaban J connectivity index is 2.34. The van der Waals surface area contributed by atoms with E-state index in [1.165, 1.54) is 12.1 Å². The Labute approximate surface area is 135 Å². The van der Waals surface area contributed by atoms with Crippen LogP contribution < -0.4 is 10.1 Å². The largest absolute Gasteiger partial charge is 0.437 e. The molecule has 0 bridgehead atoms. The van der Waals surface area contributed by atoms with Crippen molar-refractivity contribution in [1.29, 1.82) is 0 Å². The number of aromatic nitrogens is 2. The fraction of sp³-hybridized carbons (Fsp3) is 0.286. The minimum atomic E-state index is -4.63. The van der Waals surface area contributed by atoms with Crippen LogP contribution in [0.5, 0.6) is 11.6 Å². The quantitative estimate of drug-likeness (QED) is 0.903. The van der Waals surface area contributed by atoms with Gasteiger partial charge in [0.2, 0.25) is 5.88 Å². The zero-order valence-corrected chi connectivity index (χ0v) is 13.0. The van der Waals surface area contributed by atoms with Crippen molar-refractivity contribution < 1.29 is 22.7 Å². The van der Waals surface area contributed by atoms with E-state index in [1.54, 1.807) is 13.8 Å². The highest BCUT2D eigenvalue weighted by Crippen LogP contribution is 2.39. The molecule has 23 heavy (non-hydrogen) atoms. The Morgan fingerprint density at radius 1 is 1.39 bits per heavy atom. The van der Waals surface area contributed by atoms with E-state index < -0.39 is 23.5 Å². The number of rotatable bonds is 3. The van der Waals surface area contributed by atoms with Gasteiger partial charge in [-0.15, -0.1) is 5.10 Å². The van der Waals surface area contributed by atoms with Gasteiger partial charge in [0.1, 0.15) is 5.75 Å². The molecule has 1 heterocycles. The maximum Gasteiger partial charge on any atom is 0.420 e. The summed E-state index contributed by atoms with van der Waals surface area (Å²) in [6.45, 7) is 3.71. The molecule has 1 aromatic heterocycles. The molecule has 0 fully saturated rings. The van der Waals surface area contributed by atoms with Crippen LogP contribution in [0.3, 0.4) is 0 Å². The van der Waals surface area contributed by atoms with Crippen LogP contribution in [-0.4, -0.2) is 22.4 Å². The lowest BCUT2D eigenvalue weighted by atomic mass is 10.2. The van der Waals surface area contributed by atoms with Crippen LogP contribution in [0.25, 0.3) is 0 Å². The molecule has 2 rings (SSSR count). The van der Waals surface area contributed by atoms with Gasteiger partial charge in [0.25, 0.3) is 0 Å². The normalized spacial score (nSPS) is 11.4. The highest BCUT2D eigenvalue weighted by atomic mass is 35.5. The van der Waals surface area contributed by atoms with Crippen LogP contribution in [0.15, 0.2) is 24.3 Å². The van der Waals surface area contributed by atoms with Crippen LogP contribution in [0.4, 0.5) is 18.0 Å². The molecule has 1 amide bonds. The molecular weight excluding hydrogens is 335 g/mol. The summed E-state index contributed by atoms with van der Waals surface area (Å²) in [4.78, 5) is 11.7. The molecule has 0 aliphatic carbocycles. The highest BCUT2D eigenvalue weighted by Gasteiger charge is 2.35. The maximum atomic E-state index is 13.0. The van der Waals surface area contributed by atoms with E-state index in [0.717, 1.165) is 16.8 Å². The SMILES string of the molecule is CCNC(=O)n1nc(Oc2ccc(Cl)cc2C(F)(F)F)cc1C. The molecule has 0 aliphatic heterocycles. The van der Waals surface area contributed by atoms with E-state index >= 15 is 0 Å². The predicted octanol–water partition coefficient (Wildman–Crippen LogP) is 4.23. The first kappa shape index (κ1) is 17.1. The summed E-state index contributed by atoms with van der Waals surface area (Å²) >= 11 is 5.60. The second kappa shape index (κ2) is 6.49. The van der Waals surface area contributed by atoms with Crippen molar-refractivity contribution >= 4 is 17.6 Å². The number of alkyl halides is 3. The standard InChI is InChI=1S/C14H13ClF3N3O2/c1-3-19-13(22)21-8(2)6-12(20-21)23-11-5-4-9(15)7-10(11)14(16,17)18/h4-7H,3H2,1-2H3,(H,19,22). The molecule has 0 atom stereocenters. The Hall–Kier alpha value is -2.22. The monoisotopic (exact) mass is 347 g/mol. The van der Waals surface area contributed by atoms with Crippen LogP contribution in [0.2, 0.25) is 5.02 Å². The number of halogens is 4. The molecule has 5 nitrogen and oxygen atoms in total. The van der Waals surface area contributed by atoms with Gasteiger partial charge in [-0.05, 0) is 32.0 Å². The van der Waals surface area contributed by atoms with Crippen molar-refractivity contribution in [1.82, 2.24) is 15.1 Å².